The first-order valence-corrected chi connectivity index (χ1v) is 8.69. The summed E-state index contributed by atoms with van der Waals surface area (Å²) in [6.07, 6.45) is 0.136. The molecule has 0 saturated carbocycles. The first-order chi connectivity index (χ1) is 9.33. The van der Waals surface area contributed by atoms with E-state index in [-0.39, 0.29) is 31.5 Å². The zero-order valence-electron chi connectivity index (χ0n) is 13.5. The molecule has 7 heteroatoms. The van der Waals surface area contributed by atoms with Gasteiger partial charge in [0.25, 0.3) is 0 Å². The monoisotopic (exact) mass is 312 g/mol. The molecular weight excluding hydrogens is 283 g/mol. The van der Waals surface area contributed by atoms with E-state index in [1.165, 1.54) is 0 Å². The molecule has 0 N–H and O–H groups in total. The van der Waals surface area contributed by atoms with Gasteiger partial charge in [-0.3, -0.25) is 4.57 Å². The Bertz CT molecular complexity index is 268. The Labute approximate surface area is 122 Å². The summed E-state index contributed by atoms with van der Waals surface area (Å²) in [5.74, 6) is 0. The molecule has 0 aliphatic rings. The zero-order valence-corrected chi connectivity index (χ0v) is 14.4. The van der Waals surface area contributed by atoms with Crippen LogP contribution in [0.25, 0.3) is 0 Å². The van der Waals surface area contributed by atoms with Gasteiger partial charge in [-0.1, -0.05) is 6.92 Å². The van der Waals surface area contributed by atoms with Gasteiger partial charge in [0, 0.05) is 7.11 Å². The van der Waals surface area contributed by atoms with Gasteiger partial charge in [0.15, 0.2) is 0 Å². The minimum atomic E-state index is -3.25. The predicted molar refractivity (Wildman–Crippen MR) is 77.9 cm³/mol. The first-order valence-electron chi connectivity index (χ1n) is 6.97. The lowest BCUT2D eigenvalue weighted by atomic mass is 10.3. The van der Waals surface area contributed by atoms with Crippen molar-refractivity contribution >= 4 is 7.60 Å². The van der Waals surface area contributed by atoms with Gasteiger partial charge >= 0.3 is 7.60 Å². The maximum Gasteiger partial charge on any atom is 0.356 e. The number of rotatable bonds is 12. The van der Waals surface area contributed by atoms with E-state index in [4.69, 9.17) is 23.3 Å². The molecule has 0 aromatic rings. The van der Waals surface area contributed by atoms with Crippen LogP contribution in [0.3, 0.4) is 0 Å². The predicted octanol–water partition coefficient (Wildman–Crippen LogP) is 3.40. The third-order valence-electron chi connectivity index (χ3n) is 2.17. The molecule has 0 aliphatic heterocycles. The van der Waals surface area contributed by atoms with Crippen molar-refractivity contribution in [1.29, 1.82) is 0 Å². The van der Waals surface area contributed by atoms with Crippen molar-refractivity contribution in [3.05, 3.63) is 0 Å². The van der Waals surface area contributed by atoms with Crippen LogP contribution in [-0.2, 0) is 27.8 Å². The van der Waals surface area contributed by atoms with Crippen molar-refractivity contribution < 1.29 is 27.8 Å². The van der Waals surface area contributed by atoms with Crippen LogP contribution in [-0.4, -0.2) is 45.2 Å². The third-order valence-corrected chi connectivity index (χ3v) is 4.12. The number of methoxy groups -OCH3 is 1. The molecule has 0 unspecified atom stereocenters. The molecule has 1 atom stereocenters. The molecule has 0 fully saturated rings. The molecule has 0 aliphatic carbocycles. The molecule has 6 nitrogen and oxygen atoms in total. The molecule has 0 rings (SSSR count). The highest BCUT2D eigenvalue weighted by atomic mass is 31.2. The van der Waals surface area contributed by atoms with Crippen LogP contribution >= 0.6 is 7.60 Å². The molecule has 0 saturated heterocycles. The van der Waals surface area contributed by atoms with Gasteiger partial charge in [-0.2, -0.15) is 0 Å². The average Bonchev–Trinajstić information content (AvgIpc) is 2.31. The molecule has 122 valence electrons. The number of hydrogen-bond donors (Lipinski definition) is 0. The van der Waals surface area contributed by atoms with Gasteiger partial charge in [-0.15, -0.1) is 0 Å². The lowest BCUT2D eigenvalue weighted by Gasteiger charge is -2.24. The summed E-state index contributed by atoms with van der Waals surface area (Å²) in [6.45, 7) is 9.82. The van der Waals surface area contributed by atoms with Crippen LogP contribution in [0.15, 0.2) is 0 Å². The Morgan fingerprint density at radius 2 is 1.60 bits per heavy atom. The second-order valence-electron chi connectivity index (χ2n) is 5.02. The standard InChI is InChI=1S/C13H29O6P/c1-7-13(8-16-9-15-6)17-10-20(14,18-11(2)3)19-12(4)5/h11-13H,7-10H2,1-6H3/t13-/m0/s1. The fourth-order valence-corrected chi connectivity index (χ4v) is 3.32. The Balaban J connectivity index is 4.38. The van der Waals surface area contributed by atoms with E-state index in [1.54, 1.807) is 7.11 Å². The van der Waals surface area contributed by atoms with Gasteiger partial charge in [0.1, 0.15) is 13.1 Å². The van der Waals surface area contributed by atoms with E-state index >= 15 is 0 Å². The van der Waals surface area contributed by atoms with Crippen LogP contribution < -0.4 is 0 Å². The van der Waals surface area contributed by atoms with Crippen LogP contribution in [0.4, 0.5) is 0 Å². The molecule has 0 spiro atoms. The van der Waals surface area contributed by atoms with Crippen LogP contribution in [0, 0.1) is 0 Å². The van der Waals surface area contributed by atoms with Crippen molar-refractivity contribution in [3.63, 3.8) is 0 Å². The van der Waals surface area contributed by atoms with Crippen molar-refractivity contribution in [3.8, 4) is 0 Å². The highest BCUT2D eigenvalue weighted by Gasteiger charge is 2.29. The van der Waals surface area contributed by atoms with Gasteiger partial charge in [0.05, 0.1) is 24.9 Å². The highest BCUT2D eigenvalue weighted by Crippen LogP contribution is 2.50. The summed E-state index contributed by atoms with van der Waals surface area (Å²) >= 11 is 0. The van der Waals surface area contributed by atoms with Crippen molar-refractivity contribution in [2.24, 2.45) is 0 Å². The summed E-state index contributed by atoms with van der Waals surface area (Å²) in [4.78, 5) is 0. The Kier molecular flexibility index (Phi) is 10.7. The Hall–Kier alpha value is 0.0300. The lowest BCUT2D eigenvalue weighted by molar-refractivity contribution is -0.0757. The summed E-state index contributed by atoms with van der Waals surface area (Å²) in [5, 5.41) is 0. The fourth-order valence-electron chi connectivity index (χ4n) is 1.47. The van der Waals surface area contributed by atoms with E-state index in [1.807, 2.05) is 34.6 Å². The quantitative estimate of drug-likeness (QED) is 0.313. The van der Waals surface area contributed by atoms with Gasteiger partial charge in [-0.05, 0) is 34.1 Å². The molecule has 0 aromatic carbocycles. The maximum atomic E-state index is 12.5. The molecule has 20 heavy (non-hydrogen) atoms. The van der Waals surface area contributed by atoms with Crippen molar-refractivity contribution in [2.75, 3.05) is 26.9 Å². The van der Waals surface area contributed by atoms with Crippen LogP contribution in [0.5, 0.6) is 0 Å². The minimum Gasteiger partial charge on any atom is -0.363 e. The van der Waals surface area contributed by atoms with E-state index in [9.17, 15) is 4.57 Å². The fraction of sp³-hybridized carbons (Fsp3) is 1.00. The molecule has 0 amide bonds. The van der Waals surface area contributed by atoms with E-state index in [0.29, 0.717) is 6.61 Å². The SMILES string of the molecule is CC[C@@H](COCOC)OCP(=O)(OC(C)C)OC(C)C. The van der Waals surface area contributed by atoms with Crippen LogP contribution in [0.1, 0.15) is 41.0 Å². The van der Waals surface area contributed by atoms with Crippen molar-refractivity contribution in [1.82, 2.24) is 0 Å². The highest BCUT2D eigenvalue weighted by molar-refractivity contribution is 7.53. The van der Waals surface area contributed by atoms with Gasteiger partial charge < -0.3 is 23.3 Å². The lowest BCUT2D eigenvalue weighted by Crippen LogP contribution is -2.22. The second kappa shape index (κ2) is 10.7. The Morgan fingerprint density at radius 3 is 2.00 bits per heavy atom. The minimum absolute atomic E-state index is 0.0712. The van der Waals surface area contributed by atoms with E-state index < -0.39 is 7.60 Å². The van der Waals surface area contributed by atoms with E-state index in [2.05, 4.69) is 0 Å². The summed E-state index contributed by atoms with van der Waals surface area (Å²) in [6, 6.07) is 0. The van der Waals surface area contributed by atoms with Crippen molar-refractivity contribution in [2.45, 2.75) is 59.4 Å². The zero-order chi connectivity index (χ0) is 15.6. The number of ether oxygens (including phenoxy) is 3. The molecule has 0 radical (unpaired) electrons. The molecular formula is C13H29O6P. The average molecular weight is 312 g/mol. The largest absolute Gasteiger partial charge is 0.363 e. The maximum absolute atomic E-state index is 12.5. The Morgan fingerprint density at radius 1 is 1.05 bits per heavy atom. The smallest absolute Gasteiger partial charge is 0.356 e. The summed E-state index contributed by atoms with van der Waals surface area (Å²) in [7, 11) is -1.69. The van der Waals surface area contributed by atoms with E-state index in [0.717, 1.165) is 6.42 Å². The topological polar surface area (TPSA) is 63.2 Å². The molecule has 0 bridgehead atoms. The normalized spacial score (nSPS) is 14.2. The molecule has 0 heterocycles. The van der Waals surface area contributed by atoms with Gasteiger partial charge in [-0.25, -0.2) is 0 Å². The third kappa shape index (κ3) is 9.86. The van der Waals surface area contributed by atoms with Gasteiger partial charge in [0.2, 0.25) is 0 Å². The summed E-state index contributed by atoms with van der Waals surface area (Å²) in [5.41, 5.74) is 0. The number of hydrogen-bond acceptors (Lipinski definition) is 6. The van der Waals surface area contributed by atoms with Crippen LogP contribution in [0.2, 0.25) is 0 Å². The first kappa shape index (κ1) is 20.0. The second-order valence-corrected chi connectivity index (χ2v) is 6.92. The summed E-state index contributed by atoms with van der Waals surface area (Å²) < 4.78 is 39.0. The molecule has 0 aromatic heterocycles.